The molecule has 21 heavy (non-hydrogen) atoms. The van der Waals surface area contributed by atoms with E-state index >= 15 is 0 Å². The van der Waals surface area contributed by atoms with Gasteiger partial charge in [-0.3, -0.25) is 0 Å². The fraction of sp³-hybridized carbons (Fsp3) is 0.316. The van der Waals surface area contributed by atoms with Crippen LogP contribution in [0.1, 0.15) is 37.2 Å². The maximum Gasteiger partial charge on any atom is 0.137 e. The van der Waals surface area contributed by atoms with Gasteiger partial charge in [-0.25, -0.2) is 0 Å². The average Bonchev–Trinajstić information content (AvgIpc) is 2.56. The van der Waals surface area contributed by atoms with Gasteiger partial charge in [0, 0.05) is 0 Å². The van der Waals surface area contributed by atoms with E-state index in [-0.39, 0.29) is 0 Å². The van der Waals surface area contributed by atoms with Crippen molar-refractivity contribution in [3.63, 3.8) is 0 Å². The Morgan fingerprint density at radius 3 is 2.24 bits per heavy atom. The van der Waals surface area contributed by atoms with Crippen molar-refractivity contribution in [1.82, 2.24) is 0 Å². The van der Waals surface area contributed by atoms with Crippen LogP contribution in [0.25, 0.3) is 11.1 Å². The summed E-state index contributed by atoms with van der Waals surface area (Å²) < 4.78 is 5.20. The molecule has 3 rings (SSSR count). The maximum atomic E-state index is 6.20. The molecule has 1 saturated carbocycles. The Morgan fingerprint density at radius 1 is 0.952 bits per heavy atom. The first-order valence-corrected chi connectivity index (χ1v) is 7.91. The van der Waals surface area contributed by atoms with Crippen LogP contribution in [0.3, 0.4) is 0 Å². The Bertz CT molecular complexity index is 597. The highest BCUT2D eigenvalue weighted by Gasteiger charge is 2.15. The fourth-order valence-electron chi connectivity index (χ4n) is 3.05. The Kier molecular flexibility index (Phi) is 4.50. The van der Waals surface area contributed by atoms with Crippen LogP contribution in [0.15, 0.2) is 42.5 Å². The maximum absolute atomic E-state index is 6.20. The number of hydrogen-bond acceptors (Lipinski definition) is 1. The molecule has 0 atom stereocenters. The number of benzene rings is 2. The number of rotatable bonds is 3. The van der Waals surface area contributed by atoms with Gasteiger partial charge in [-0.1, -0.05) is 41.9 Å². The lowest BCUT2D eigenvalue weighted by Crippen LogP contribution is -2.04. The average molecular weight is 300 g/mol. The van der Waals surface area contributed by atoms with Gasteiger partial charge in [0.1, 0.15) is 5.75 Å². The molecule has 0 spiro atoms. The zero-order valence-corrected chi connectivity index (χ0v) is 13.1. The second-order valence-corrected chi connectivity index (χ2v) is 6.02. The largest absolute Gasteiger partial charge is 0.495 e. The summed E-state index contributed by atoms with van der Waals surface area (Å²) in [6.07, 6.45) is 7.48. The second-order valence-electron chi connectivity index (χ2n) is 5.61. The summed E-state index contributed by atoms with van der Waals surface area (Å²) in [6.45, 7) is 0. The van der Waals surface area contributed by atoms with Crippen molar-refractivity contribution in [2.75, 3.05) is 7.11 Å². The summed E-state index contributed by atoms with van der Waals surface area (Å²) in [7, 11) is 1.64. The molecule has 1 aliphatic rings. The van der Waals surface area contributed by atoms with Crippen LogP contribution in [0.4, 0.5) is 0 Å². The van der Waals surface area contributed by atoms with Crippen LogP contribution in [-0.2, 0) is 0 Å². The van der Waals surface area contributed by atoms with Crippen molar-refractivity contribution in [2.45, 2.75) is 31.6 Å². The first-order chi connectivity index (χ1) is 10.3. The van der Waals surface area contributed by atoms with E-state index in [0.29, 0.717) is 5.02 Å². The topological polar surface area (TPSA) is 9.23 Å². The fourth-order valence-corrected chi connectivity index (χ4v) is 3.31. The van der Waals surface area contributed by atoms with Crippen LogP contribution in [0, 0.1) is 6.42 Å². The normalized spacial score (nSPS) is 15.9. The van der Waals surface area contributed by atoms with Gasteiger partial charge in [0.15, 0.2) is 0 Å². The van der Waals surface area contributed by atoms with Gasteiger partial charge < -0.3 is 4.74 Å². The molecule has 0 aromatic heterocycles. The number of halogens is 1. The SMILES string of the molecule is COc1ccc(-c2ccc(C3CC[CH]CC3)cc2)cc1Cl. The molecule has 0 unspecified atom stereocenters. The van der Waals surface area contributed by atoms with Crippen LogP contribution in [0.5, 0.6) is 5.75 Å². The van der Waals surface area contributed by atoms with E-state index in [2.05, 4.69) is 36.8 Å². The summed E-state index contributed by atoms with van der Waals surface area (Å²) in [5, 5.41) is 0.655. The zero-order valence-electron chi connectivity index (χ0n) is 12.3. The van der Waals surface area contributed by atoms with Gasteiger partial charge >= 0.3 is 0 Å². The zero-order chi connectivity index (χ0) is 14.7. The molecule has 2 aromatic carbocycles. The summed E-state index contributed by atoms with van der Waals surface area (Å²) in [5.74, 6) is 1.44. The first-order valence-electron chi connectivity index (χ1n) is 7.53. The summed E-state index contributed by atoms with van der Waals surface area (Å²) in [6, 6.07) is 14.9. The quantitative estimate of drug-likeness (QED) is 0.688. The van der Waals surface area contributed by atoms with Crippen molar-refractivity contribution < 1.29 is 4.74 Å². The van der Waals surface area contributed by atoms with Crippen LogP contribution >= 0.6 is 11.6 Å². The van der Waals surface area contributed by atoms with Gasteiger partial charge in [-0.05, 0) is 66.8 Å². The molecule has 1 fully saturated rings. The van der Waals surface area contributed by atoms with E-state index in [4.69, 9.17) is 16.3 Å². The van der Waals surface area contributed by atoms with E-state index in [0.717, 1.165) is 17.2 Å². The van der Waals surface area contributed by atoms with Crippen LogP contribution in [0.2, 0.25) is 5.02 Å². The van der Waals surface area contributed by atoms with Crippen LogP contribution < -0.4 is 4.74 Å². The highest BCUT2D eigenvalue weighted by molar-refractivity contribution is 6.32. The standard InChI is InChI=1S/C19H20ClO/c1-21-19-12-11-17(13-18(19)20)16-9-7-15(8-10-16)14-5-3-2-4-6-14/h2,7-14H,3-6H2,1H3. The molecular weight excluding hydrogens is 280 g/mol. The minimum atomic E-state index is 0.655. The molecule has 1 radical (unpaired) electrons. The van der Waals surface area contributed by atoms with Crippen molar-refractivity contribution in [3.05, 3.63) is 59.5 Å². The highest BCUT2D eigenvalue weighted by atomic mass is 35.5. The summed E-state index contributed by atoms with van der Waals surface area (Å²) >= 11 is 6.20. The molecule has 0 N–H and O–H groups in total. The molecule has 0 heterocycles. The molecule has 1 aliphatic carbocycles. The predicted octanol–water partition coefficient (Wildman–Crippen LogP) is 5.88. The van der Waals surface area contributed by atoms with E-state index in [9.17, 15) is 0 Å². The Balaban J connectivity index is 1.81. The van der Waals surface area contributed by atoms with E-state index in [1.807, 2.05) is 12.1 Å². The van der Waals surface area contributed by atoms with E-state index in [1.54, 1.807) is 7.11 Å². The lowest BCUT2D eigenvalue weighted by atomic mass is 9.84. The van der Waals surface area contributed by atoms with Gasteiger partial charge in [0.05, 0.1) is 12.1 Å². The molecule has 0 amide bonds. The summed E-state index contributed by atoms with van der Waals surface area (Å²) in [4.78, 5) is 0. The van der Waals surface area contributed by atoms with Crippen molar-refractivity contribution in [1.29, 1.82) is 0 Å². The third-order valence-corrected chi connectivity index (χ3v) is 4.60. The lowest BCUT2D eigenvalue weighted by Gasteiger charge is -2.22. The Hall–Kier alpha value is -1.47. The molecule has 2 heteroatoms. The number of ether oxygens (including phenoxy) is 1. The molecular formula is C19H20ClO. The molecule has 109 valence electrons. The smallest absolute Gasteiger partial charge is 0.137 e. The van der Waals surface area contributed by atoms with Gasteiger partial charge in [0.25, 0.3) is 0 Å². The van der Waals surface area contributed by atoms with Crippen LogP contribution in [-0.4, -0.2) is 7.11 Å². The monoisotopic (exact) mass is 299 g/mol. The third-order valence-electron chi connectivity index (χ3n) is 4.31. The minimum absolute atomic E-state index is 0.655. The summed E-state index contributed by atoms with van der Waals surface area (Å²) in [5.41, 5.74) is 3.79. The van der Waals surface area contributed by atoms with E-state index < -0.39 is 0 Å². The lowest BCUT2D eigenvalue weighted by molar-refractivity contribution is 0.415. The van der Waals surface area contributed by atoms with Crippen molar-refractivity contribution >= 4 is 11.6 Å². The minimum Gasteiger partial charge on any atom is -0.495 e. The molecule has 1 nitrogen and oxygen atoms in total. The Labute approximate surface area is 131 Å². The van der Waals surface area contributed by atoms with Crippen molar-refractivity contribution in [2.24, 2.45) is 0 Å². The number of methoxy groups -OCH3 is 1. The molecule has 2 aromatic rings. The molecule has 0 aliphatic heterocycles. The molecule has 0 bridgehead atoms. The van der Waals surface area contributed by atoms with E-state index in [1.165, 1.54) is 36.8 Å². The first kappa shape index (κ1) is 14.5. The van der Waals surface area contributed by atoms with Gasteiger partial charge in [-0.2, -0.15) is 0 Å². The molecule has 0 saturated heterocycles. The second kappa shape index (κ2) is 6.53. The predicted molar refractivity (Wildman–Crippen MR) is 88.9 cm³/mol. The third kappa shape index (κ3) is 3.24. The van der Waals surface area contributed by atoms with Crippen molar-refractivity contribution in [3.8, 4) is 16.9 Å². The highest BCUT2D eigenvalue weighted by Crippen LogP contribution is 2.34. The van der Waals surface area contributed by atoms with Gasteiger partial charge in [-0.15, -0.1) is 0 Å². The van der Waals surface area contributed by atoms with Gasteiger partial charge in [0.2, 0.25) is 0 Å². The number of hydrogen-bond donors (Lipinski definition) is 0. The Morgan fingerprint density at radius 2 is 1.62 bits per heavy atom.